The Morgan fingerprint density at radius 3 is 2.44 bits per heavy atom. The van der Waals surface area contributed by atoms with Gasteiger partial charge in [0.05, 0.1) is 18.1 Å². The van der Waals surface area contributed by atoms with Gasteiger partial charge in [0.15, 0.2) is 0 Å². The lowest BCUT2D eigenvalue weighted by Gasteiger charge is -2.27. The van der Waals surface area contributed by atoms with E-state index in [0.717, 1.165) is 12.1 Å². The molecule has 0 aliphatic carbocycles. The number of allylic oxidation sites excluding steroid dienone is 2. The summed E-state index contributed by atoms with van der Waals surface area (Å²) in [6, 6.07) is 6.13. The first kappa shape index (κ1) is 18.5. The molecule has 0 bridgehead atoms. The smallest absolute Gasteiger partial charge is 0.463 e. The first-order valence-corrected chi connectivity index (χ1v) is 7.46. The zero-order valence-corrected chi connectivity index (χ0v) is 13.6. The van der Waals surface area contributed by atoms with Crippen LogP contribution in [0.4, 0.5) is 12.9 Å². The maximum Gasteiger partial charge on any atom is 0.509 e. The Kier molecular flexibility index (Phi) is 5.11. The molecular weight excluding hydrogens is 336 g/mol. The third-order valence-electron chi connectivity index (χ3n) is 3.75. The van der Waals surface area contributed by atoms with E-state index in [4.69, 9.17) is 15.2 Å². The van der Waals surface area contributed by atoms with E-state index >= 15 is 0 Å². The second kappa shape index (κ2) is 6.93. The van der Waals surface area contributed by atoms with Gasteiger partial charge in [-0.05, 0) is 19.4 Å². The van der Waals surface area contributed by atoms with Crippen LogP contribution in [0.2, 0.25) is 0 Å². The lowest BCUT2D eigenvalue weighted by Crippen LogP contribution is -2.34. The molecule has 1 aliphatic rings. The first-order chi connectivity index (χ1) is 11.7. The predicted molar refractivity (Wildman–Crippen MR) is 85.1 cm³/mol. The second-order valence-corrected chi connectivity index (χ2v) is 5.36. The maximum absolute atomic E-state index is 12.8. The summed E-state index contributed by atoms with van der Waals surface area (Å²) in [6.45, 7) is -1.95. The minimum absolute atomic E-state index is 0.0397. The van der Waals surface area contributed by atoms with Crippen molar-refractivity contribution in [2.24, 2.45) is 5.73 Å². The van der Waals surface area contributed by atoms with Crippen molar-refractivity contribution in [2.75, 3.05) is 6.61 Å². The van der Waals surface area contributed by atoms with Crippen LogP contribution in [0.25, 0.3) is 0 Å². The molecule has 1 aromatic carbocycles. The highest BCUT2D eigenvalue weighted by atomic mass is 19.4. The molecule has 1 aromatic rings. The maximum atomic E-state index is 12.8. The zero-order valence-electron chi connectivity index (χ0n) is 13.6. The summed E-state index contributed by atoms with van der Waals surface area (Å²) in [6.07, 6.45) is 0. The number of benzene rings is 1. The molecule has 2 rings (SSSR count). The number of carbonyl (C=O) groups is 1. The van der Waals surface area contributed by atoms with Gasteiger partial charge in [0.25, 0.3) is 0 Å². The van der Waals surface area contributed by atoms with E-state index in [1.807, 2.05) is 6.07 Å². The fourth-order valence-corrected chi connectivity index (χ4v) is 2.59. The highest BCUT2D eigenvalue weighted by Crippen LogP contribution is 2.39. The molecule has 25 heavy (non-hydrogen) atoms. The fraction of sp³-hybridized carbons (Fsp3) is 0.250. The van der Waals surface area contributed by atoms with Crippen molar-refractivity contribution in [3.63, 3.8) is 0 Å². The van der Waals surface area contributed by atoms with Crippen LogP contribution in [0.3, 0.4) is 0 Å². The van der Waals surface area contributed by atoms with Gasteiger partial charge in [0.1, 0.15) is 17.4 Å². The summed E-state index contributed by atoms with van der Waals surface area (Å²) in [5.74, 6) is -1.71. The third kappa shape index (κ3) is 3.63. The molecule has 2 N–H and O–H groups in total. The van der Waals surface area contributed by atoms with Gasteiger partial charge < -0.3 is 28.2 Å². The quantitative estimate of drug-likeness (QED) is 0.665. The molecule has 0 aromatic heterocycles. The number of hydrogen-bond acceptors (Lipinski definition) is 5. The molecule has 0 spiro atoms. The Labute approximate surface area is 142 Å². The van der Waals surface area contributed by atoms with Crippen molar-refractivity contribution in [2.45, 2.75) is 19.8 Å². The zero-order chi connectivity index (χ0) is 18.8. The fourth-order valence-electron chi connectivity index (χ4n) is 2.59. The lowest BCUT2D eigenvalue weighted by atomic mass is 9.77. The summed E-state index contributed by atoms with van der Waals surface area (Å²) in [5, 5.41) is 9.37. The molecule has 0 fully saturated rings. The van der Waals surface area contributed by atoms with Gasteiger partial charge in [-0.2, -0.15) is 5.26 Å². The topological polar surface area (TPSA) is 85.3 Å². The monoisotopic (exact) mass is 351 g/mol. The van der Waals surface area contributed by atoms with Crippen LogP contribution in [-0.2, 0) is 14.3 Å². The van der Waals surface area contributed by atoms with Gasteiger partial charge >= 0.3 is 12.9 Å². The average molecular weight is 351 g/mol. The number of rotatable bonds is 4. The third-order valence-corrected chi connectivity index (χ3v) is 3.75. The van der Waals surface area contributed by atoms with E-state index < -0.39 is 24.3 Å². The van der Waals surface area contributed by atoms with E-state index in [0.29, 0.717) is 5.56 Å². The largest absolute Gasteiger partial charge is 0.509 e. The number of carbonyl (C=O) groups excluding carboxylic acids is 1. The SMILES string of the molecule is CCOC(=O)C1=C(C)OC(N)=C(C#N)C1c1ccc([B-](F)(F)F)cc1. The molecule has 0 radical (unpaired) electrons. The molecule has 1 atom stereocenters. The van der Waals surface area contributed by atoms with Gasteiger partial charge in [-0.1, -0.05) is 24.3 Å². The molecule has 1 heterocycles. The molecule has 1 aliphatic heterocycles. The van der Waals surface area contributed by atoms with Crippen LogP contribution in [-0.4, -0.2) is 19.6 Å². The van der Waals surface area contributed by atoms with Crippen molar-refractivity contribution < 1.29 is 27.2 Å². The van der Waals surface area contributed by atoms with E-state index in [9.17, 15) is 23.0 Å². The van der Waals surface area contributed by atoms with E-state index in [1.54, 1.807) is 6.92 Å². The summed E-state index contributed by atoms with van der Waals surface area (Å²) < 4.78 is 48.7. The summed E-state index contributed by atoms with van der Waals surface area (Å²) >= 11 is 0. The van der Waals surface area contributed by atoms with Crippen molar-refractivity contribution in [1.29, 1.82) is 5.26 Å². The van der Waals surface area contributed by atoms with Crippen LogP contribution >= 0.6 is 0 Å². The molecule has 0 saturated heterocycles. The molecule has 0 amide bonds. The van der Waals surface area contributed by atoms with Crippen molar-refractivity contribution in [1.82, 2.24) is 0 Å². The lowest BCUT2D eigenvalue weighted by molar-refractivity contribution is -0.139. The normalized spacial score (nSPS) is 17.8. The van der Waals surface area contributed by atoms with E-state index in [2.05, 4.69) is 0 Å². The Morgan fingerprint density at radius 1 is 1.36 bits per heavy atom. The Morgan fingerprint density at radius 2 is 1.96 bits per heavy atom. The summed E-state index contributed by atoms with van der Waals surface area (Å²) in [4.78, 5) is 12.3. The van der Waals surface area contributed by atoms with Gasteiger partial charge in [-0.3, -0.25) is 0 Å². The number of nitrogens with zero attached hydrogens (tertiary/aromatic N) is 1. The summed E-state index contributed by atoms with van der Waals surface area (Å²) in [7, 11) is 0. The van der Waals surface area contributed by atoms with Gasteiger partial charge in [0, 0.05) is 0 Å². The van der Waals surface area contributed by atoms with Crippen molar-refractivity contribution in [3.8, 4) is 6.07 Å². The number of nitriles is 1. The van der Waals surface area contributed by atoms with E-state index in [1.165, 1.54) is 19.1 Å². The van der Waals surface area contributed by atoms with Crippen LogP contribution in [0, 0.1) is 11.3 Å². The Balaban J connectivity index is 2.57. The number of nitrogens with two attached hydrogens (primary N) is 1. The van der Waals surface area contributed by atoms with Crippen LogP contribution < -0.4 is 11.2 Å². The predicted octanol–water partition coefficient (Wildman–Crippen LogP) is 2.39. The summed E-state index contributed by atoms with van der Waals surface area (Å²) in [5.41, 5.74) is 5.24. The number of esters is 1. The molecule has 132 valence electrons. The first-order valence-electron chi connectivity index (χ1n) is 7.46. The molecule has 0 saturated carbocycles. The molecule has 1 unspecified atom stereocenters. The molecular formula is C16H15BF3N2O3-. The van der Waals surface area contributed by atoms with Gasteiger partial charge in [0.2, 0.25) is 5.88 Å². The van der Waals surface area contributed by atoms with Crippen LogP contribution in [0.15, 0.2) is 47.1 Å². The van der Waals surface area contributed by atoms with Crippen molar-refractivity contribution in [3.05, 3.63) is 52.6 Å². The minimum atomic E-state index is -5.14. The number of ether oxygens (including phenoxy) is 2. The molecule has 5 nitrogen and oxygen atoms in total. The Bertz CT molecular complexity index is 792. The minimum Gasteiger partial charge on any atom is -0.463 e. The number of halogens is 3. The van der Waals surface area contributed by atoms with Crippen LogP contribution in [0.5, 0.6) is 0 Å². The van der Waals surface area contributed by atoms with Crippen LogP contribution in [0.1, 0.15) is 25.3 Å². The Hall–Kier alpha value is -2.89. The van der Waals surface area contributed by atoms with Gasteiger partial charge in [-0.15, -0.1) is 5.46 Å². The van der Waals surface area contributed by atoms with Gasteiger partial charge in [-0.25, -0.2) is 4.79 Å². The van der Waals surface area contributed by atoms with Crippen molar-refractivity contribution >= 4 is 18.4 Å². The highest BCUT2D eigenvalue weighted by Gasteiger charge is 2.36. The average Bonchev–Trinajstić information content (AvgIpc) is 2.53. The molecule has 9 heteroatoms. The number of hydrogen-bond donors (Lipinski definition) is 1. The highest BCUT2D eigenvalue weighted by molar-refractivity contribution is 6.73. The second-order valence-electron chi connectivity index (χ2n) is 5.36. The standard InChI is InChI=1S/C16H15BF3N2O3/c1-3-24-16(23)13-9(2)25-15(22)12(8-21)14(13)10-4-6-11(7-5-10)17(18,19)20/h4-7,14H,3,22H2,1-2H3/q-1. The van der Waals surface area contributed by atoms with E-state index in [-0.39, 0.29) is 29.4 Å².